The van der Waals surface area contributed by atoms with Gasteiger partial charge < -0.3 is 10.1 Å². The number of rotatable bonds is 6. The highest BCUT2D eigenvalue weighted by molar-refractivity contribution is 7.89. The number of carbonyl (C=O) groups is 2. The topological polar surface area (TPSA) is 92.8 Å². The number of halogens is 3. The van der Waals surface area contributed by atoms with E-state index >= 15 is 0 Å². The summed E-state index contributed by atoms with van der Waals surface area (Å²) in [5.41, 5.74) is 0.478. The smallest absolute Gasteiger partial charge is 0.416 e. The second-order valence-corrected chi connectivity index (χ2v) is 9.67. The van der Waals surface area contributed by atoms with Gasteiger partial charge in [0.25, 0.3) is 5.91 Å². The summed E-state index contributed by atoms with van der Waals surface area (Å²) >= 11 is 0. The first-order chi connectivity index (χ1) is 15.5. The summed E-state index contributed by atoms with van der Waals surface area (Å²) in [7, 11) is -4.14. The third-order valence-corrected chi connectivity index (χ3v) is 7.13. The number of hydrogen-bond acceptors (Lipinski definition) is 5. The van der Waals surface area contributed by atoms with E-state index in [1.165, 1.54) is 0 Å². The van der Waals surface area contributed by atoms with Gasteiger partial charge in [-0.3, -0.25) is 9.59 Å². The summed E-state index contributed by atoms with van der Waals surface area (Å²) in [5.74, 6) is -1.73. The molecule has 0 unspecified atom stereocenters. The Morgan fingerprint density at radius 2 is 1.76 bits per heavy atom. The number of esters is 1. The van der Waals surface area contributed by atoms with Crippen LogP contribution in [0.1, 0.15) is 24.0 Å². The van der Waals surface area contributed by atoms with Crippen LogP contribution in [0.5, 0.6) is 0 Å². The Balaban J connectivity index is 1.52. The van der Waals surface area contributed by atoms with Crippen molar-refractivity contribution in [3.05, 3.63) is 59.7 Å². The molecule has 1 N–H and O–H groups in total. The van der Waals surface area contributed by atoms with Gasteiger partial charge in [-0.25, -0.2) is 8.42 Å². The van der Waals surface area contributed by atoms with Crippen LogP contribution in [-0.4, -0.2) is 44.3 Å². The minimum atomic E-state index is -4.66. The van der Waals surface area contributed by atoms with Crippen molar-refractivity contribution in [2.24, 2.45) is 5.92 Å². The number of carbonyl (C=O) groups excluding carboxylic acids is 2. The molecule has 1 saturated heterocycles. The lowest BCUT2D eigenvalue weighted by Gasteiger charge is -2.30. The average Bonchev–Trinajstić information content (AvgIpc) is 2.77. The first-order valence-corrected chi connectivity index (χ1v) is 11.6. The van der Waals surface area contributed by atoms with Gasteiger partial charge in [-0.05, 0) is 55.7 Å². The van der Waals surface area contributed by atoms with Crippen LogP contribution in [0, 0.1) is 12.8 Å². The third kappa shape index (κ3) is 6.32. The molecular formula is C22H23F3N2O5S. The maximum Gasteiger partial charge on any atom is 0.416 e. The van der Waals surface area contributed by atoms with E-state index in [4.69, 9.17) is 4.74 Å². The van der Waals surface area contributed by atoms with Crippen molar-refractivity contribution in [3.8, 4) is 0 Å². The van der Waals surface area contributed by atoms with Crippen LogP contribution in [0.4, 0.5) is 18.9 Å². The third-order valence-electron chi connectivity index (χ3n) is 5.23. The fourth-order valence-electron chi connectivity index (χ4n) is 3.49. The number of hydrogen-bond donors (Lipinski definition) is 1. The van der Waals surface area contributed by atoms with Gasteiger partial charge in [0.05, 0.1) is 16.4 Å². The highest BCUT2D eigenvalue weighted by atomic mass is 32.2. The van der Waals surface area contributed by atoms with E-state index in [-0.39, 0.29) is 25.9 Å². The molecule has 11 heteroatoms. The van der Waals surface area contributed by atoms with Gasteiger partial charge in [0.2, 0.25) is 10.0 Å². The molecule has 178 valence electrons. The number of alkyl halides is 3. The molecule has 1 fully saturated rings. The zero-order chi connectivity index (χ0) is 24.2. The normalized spacial score (nSPS) is 15.8. The maximum absolute atomic E-state index is 12.9. The molecule has 0 radical (unpaired) electrons. The highest BCUT2D eigenvalue weighted by Crippen LogP contribution is 2.32. The van der Waals surface area contributed by atoms with Gasteiger partial charge in [-0.1, -0.05) is 18.2 Å². The lowest BCUT2D eigenvalue weighted by atomic mass is 9.98. The van der Waals surface area contributed by atoms with Crippen LogP contribution in [-0.2, 0) is 30.5 Å². The van der Waals surface area contributed by atoms with Crippen LogP contribution in [0.3, 0.4) is 0 Å². The zero-order valence-corrected chi connectivity index (χ0v) is 18.6. The number of benzene rings is 2. The van der Waals surface area contributed by atoms with Crippen LogP contribution in [0.15, 0.2) is 53.4 Å². The molecule has 1 heterocycles. The molecular weight excluding hydrogens is 461 g/mol. The van der Waals surface area contributed by atoms with Crippen molar-refractivity contribution in [2.75, 3.05) is 25.0 Å². The quantitative estimate of drug-likeness (QED) is 0.633. The van der Waals surface area contributed by atoms with E-state index in [1.807, 2.05) is 13.0 Å². The number of aryl methyl sites for hydroxylation is 1. The molecule has 0 atom stereocenters. The van der Waals surface area contributed by atoms with Crippen LogP contribution in [0.25, 0.3) is 0 Å². The second kappa shape index (κ2) is 9.92. The SMILES string of the molecule is Cc1cccc(NC(=O)COC(=O)C2CCN(S(=O)(=O)c3cccc(C(F)(F)F)c3)CC2)c1. The molecule has 0 bridgehead atoms. The van der Waals surface area contributed by atoms with Gasteiger partial charge in [0.15, 0.2) is 6.61 Å². The van der Waals surface area contributed by atoms with Crippen molar-refractivity contribution in [3.63, 3.8) is 0 Å². The van der Waals surface area contributed by atoms with Gasteiger partial charge in [-0.2, -0.15) is 17.5 Å². The summed E-state index contributed by atoms with van der Waals surface area (Å²) in [6, 6.07) is 10.7. The van der Waals surface area contributed by atoms with Crippen LogP contribution in [0.2, 0.25) is 0 Å². The van der Waals surface area contributed by atoms with E-state index in [0.29, 0.717) is 11.8 Å². The van der Waals surface area contributed by atoms with Gasteiger partial charge in [0.1, 0.15) is 0 Å². The molecule has 3 rings (SSSR count). The monoisotopic (exact) mass is 484 g/mol. The predicted molar refractivity (Wildman–Crippen MR) is 114 cm³/mol. The summed E-state index contributed by atoms with van der Waals surface area (Å²) in [6.45, 7) is 1.30. The Labute approximate surface area is 189 Å². The Morgan fingerprint density at radius 3 is 2.39 bits per heavy atom. The lowest BCUT2D eigenvalue weighted by molar-refractivity contribution is -0.152. The van der Waals surface area contributed by atoms with Gasteiger partial charge in [0, 0.05) is 18.8 Å². The second-order valence-electron chi connectivity index (χ2n) is 7.73. The van der Waals surface area contributed by atoms with Crippen molar-refractivity contribution in [2.45, 2.75) is 30.8 Å². The largest absolute Gasteiger partial charge is 0.455 e. The Hall–Kier alpha value is -2.92. The number of sulfonamides is 1. The molecule has 2 aromatic carbocycles. The highest BCUT2D eigenvalue weighted by Gasteiger charge is 2.35. The van der Waals surface area contributed by atoms with E-state index < -0.39 is 51.1 Å². The first kappa shape index (κ1) is 24.7. The standard InChI is InChI=1S/C22H23F3N2O5S/c1-15-4-2-6-18(12-15)26-20(28)14-32-21(29)16-8-10-27(11-9-16)33(30,31)19-7-3-5-17(13-19)22(23,24)25/h2-7,12-13,16H,8-11,14H2,1H3,(H,26,28). The fraction of sp³-hybridized carbons (Fsp3) is 0.364. The van der Waals surface area contributed by atoms with E-state index in [2.05, 4.69) is 5.32 Å². The average molecular weight is 484 g/mol. The number of nitrogens with zero attached hydrogens (tertiary/aromatic N) is 1. The van der Waals surface area contributed by atoms with Crippen LogP contribution < -0.4 is 5.32 Å². The Bertz CT molecular complexity index is 1130. The summed E-state index contributed by atoms with van der Waals surface area (Å²) < 4.78 is 70.4. The van der Waals surface area contributed by atoms with Crippen molar-refractivity contribution in [1.29, 1.82) is 0 Å². The van der Waals surface area contributed by atoms with E-state index in [9.17, 15) is 31.2 Å². The van der Waals surface area contributed by atoms with Gasteiger partial charge >= 0.3 is 12.1 Å². The molecule has 0 aromatic heterocycles. The molecule has 0 aliphatic carbocycles. The molecule has 33 heavy (non-hydrogen) atoms. The summed E-state index contributed by atoms with van der Waals surface area (Å²) in [4.78, 5) is 23.8. The molecule has 2 aromatic rings. The van der Waals surface area contributed by atoms with Crippen molar-refractivity contribution < 1.29 is 35.9 Å². The minimum Gasteiger partial charge on any atom is -0.455 e. The van der Waals surface area contributed by atoms with Crippen molar-refractivity contribution >= 4 is 27.6 Å². The number of amides is 1. The zero-order valence-electron chi connectivity index (χ0n) is 17.8. The van der Waals surface area contributed by atoms with Crippen molar-refractivity contribution in [1.82, 2.24) is 4.31 Å². The lowest BCUT2D eigenvalue weighted by Crippen LogP contribution is -2.41. The maximum atomic E-state index is 12.9. The fourth-order valence-corrected chi connectivity index (χ4v) is 5.00. The van der Waals surface area contributed by atoms with E-state index in [1.54, 1.807) is 18.2 Å². The number of anilines is 1. The Morgan fingerprint density at radius 1 is 1.09 bits per heavy atom. The molecule has 1 aliphatic rings. The van der Waals surface area contributed by atoms with E-state index in [0.717, 1.165) is 28.1 Å². The molecule has 7 nitrogen and oxygen atoms in total. The van der Waals surface area contributed by atoms with Gasteiger partial charge in [-0.15, -0.1) is 0 Å². The predicted octanol–water partition coefficient (Wildman–Crippen LogP) is 3.60. The summed E-state index contributed by atoms with van der Waals surface area (Å²) in [6.07, 6.45) is -4.39. The van der Waals surface area contributed by atoms with Crippen LogP contribution >= 0.6 is 0 Å². The number of ether oxygens (including phenoxy) is 1. The molecule has 1 aliphatic heterocycles. The molecule has 1 amide bonds. The summed E-state index contributed by atoms with van der Waals surface area (Å²) in [5, 5.41) is 2.62. The molecule has 0 saturated carbocycles. The Kier molecular flexibility index (Phi) is 7.43. The molecule has 0 spiro atoms. The minimum absolute atomic E-state index is 0.0478. The number of piperidine rings is 1. The number of nitrogens with one attached hydrogen (secondary N) is 1. The first-order valence-electron chi connectivity index (χ1n) is 10.2.